The molecule has 0 aromatic carbocycles. The normalized spacial score (nSPS) is 9.93. The molecule has 4 heteroatoms. The maximum absolute atomic E-state index is 6.05. The van der Waals surface area contributed by atoms with Crippen molar-refractivity contribution in [2.75, 3.05) is 7.11 Å². The third kappa shape index (κ3) is 1.99. The summed E-state index contributed by atoms with van der Waals surface area (Å²) in [6.07, 6.45) is 2.34. The van der Waals surface area contributed by atoms with E-state index in [0.717, 1.165) is 11.3 Å². The third-order valence-electron chi connectivity index (χ3n) is 1.95. The average Bonchev–Trinajstić information content (AvgIpc) is 2.44. The quantitative estimate of drug-likeness (QED) is 0.717. The van der Waals surface area contributed by atoms with Crippen molar-refractivity contribution in [1.82, 2.24) is 9.78 Å². The van der Waals surface area contributed by atoms with Crippen LogP contribution in [0.3, 0.4) is 0 Å². The summed E-state index contributed by atoms with van der Waals surface area (Å²) < 4.78 is 6.69. The Morgan fingerprint density at radius 3 is 2.79 bits per heavy atom. The van der Waals surface area contributed by atoms with Crippen LogP contribution in [-0.2, 0) is 13.5 Å². The first kappa shape index (κ1) is 10.9. The zero-order valence-electron chi connectivity index (χ0n) is 8.38. The van der Waals surface area contributed by atoms with Gasteiger partial charge in [-0.05, 0) is 5.57 Å². The SMILES string of the molecule is C=CC(=C)Cc1c(Cl)c(OC)nn1C. The van der Waals surface area contributed by atoms with Crippen LogP contribution in [0.25, 0.3) is 0 Å². The molecule has 0 saturated carbocycles. The molecule has 0 atom stereocenters. The minimum atomic E-state index is 0.445. The third-order valence-corrected chi connectivity index (χ3v) is 2.33. The Kier molecular flexibility index (Phi) is 3.36. The Balaban J connectivity index is 3.02. The maximum atomic E-state index is 6.05. The average molecular weight is 213 g/mol. The molecule has 1 aromatic rings. The Morgan fingerprint density at radius 2 is 2.36 bits per heavy atom. The number of hydrogen-bond donors (Lipinski definition) is 0. The number of nitrogens with zero attached hydrogens (tertiary/aromatic N) is 2. The summed E-state index contributed by atoms with van der Waals surface area (Å²) in [7, 11) is 3.36. The van der Waals surface area contributed by atoms with E-state index in [9.17, 15) is 0 Å². The summed E-state index contributed by atoms with van der Waals surface area (Å²) in [5.41, 5.74) is 1.78. The lowest BCUT2D eigenvalue weighted by Crippen LogP contribution is -1.99. The molecule has 0 aliphatic heterocycles. The van der Waals surface area contributed by atoms with Crippen LogP contribution in [0.15, 0.2) is 24.8 Å². The summed E-state index contributed by atoms with van der Waals surface area (Å²) >= 11 is 6.05. The van der Waals surface area contributed by atoms with E-state index >= 15 is 0 Å². The molecular weight excluding hydrogens is 200 g/mol. The molecule has 0 N–H and O–H groups in total. The van der Waals surface area contributed by atoms with Crippen molar-refractivity contribution >= 4 is 11.6 Å². The van der Waals surface area contributed by atoms with Crippen LogP contribution >= 0.6 is 11.6 Å². The van der Waals surface area contributed by atoms with Gasteiger partial charge in [-0.25, -0.2) is 0 Å². The number of hydrogen-bond acceptors (Lipinski definition) is 2. The summed E-state index contributed by atoms with van der Waals surface area (Å²) in [6.45, 7) is 7.47. The van der Waals surface area contributed by atoms with Crippen molar-refractivity contribution in [3.05, 3.63) is 35.5 Å². The zero-order valence-corrected chi connectivity index (χ0v) is 9.14. The van der Waals surface area contributed by atoms with Gasteiger partial charge in [-0.15, -0.1) is 5.10 Å². The summed E-state index contributed by atoms with van der Waals surface area (Å²) in [5.74, 6) is 0.445. The summed E-state index contributed by atoms with van der Waals surface area (Å²) in [6, 6.07) is 0. The fourth-order valence-corrected chi connectivity index (χ4v) is 1.42. The van der Waals surface area contributed by atoms with Crippen LogP contribution in [0.1, 0.15) is 5.69 Å². The standard InChI is InChI=1S/C10H13ClN2O/c1-5-7(2)6-8-9(11)10(14-4)12-13(8)3/h5H,1-2,6H2,3-4H3. The largest absolute Gasteiger partial charge is 0.479 e. The highest BCUT2D eigenvalue weighted by atomic mass is 35.5. The van der Waals surface area contributed by atoms with Gasteiger partial charge in [0.1, 0.15) is 5.02 Å². The number of allylic oxidation sites excluding steroid dienone is 2. The van der Waals surface area contributed by atoms with E-state index in [0.29, 0.717) is 17.3 Å². The molecule has 0 bridgehead atoms. The van der Waals surface area contributed by atoms with Crippen LogP contribution in [0, 0.1) is 0 Å². The van der Waals surface area contributed by atoms with Crippen molar-refractivity contribution in [3.63, 3.8) is 0 Å². The first-order valence-electron chi connectivity index (χ1n) is 4.15. The second-order valence-electron chi connectivity index (χ2n) is 2.93. The number of aryl methyl sites for hydroxylation is 1. The molecule has 0 radical (unpaired) electrons. The van der Waals surface area contributed by atoms with Gasteiger partial charge >= 0.3 is 0 Å². The highest BCUT2D eigenvalue weighted by Gasteiger charge is 2.14. The van der Waals surface area contributed by atoms with Crippen molar-refractivity contribution in [3.8, 4) is 5.88 Å². The topological polar surface area (TPSA) is 27.1 Å². The smallest absolute Gasteiger partial charge is 0.251 e. The molecule has 0 unspecified atom stereocenters. The Bertz CT molecular complexity index is 368. The Hall–Kier alpha value is -1.22. The molecule has 14 heavy (non-hydrogen) atoms. The molecular formula is C10H13ClN2O. The van der Waals surface area contributed by atoms with Crippen molar-refractivity contribution < 1.29 is 4.74 Å². The summed E-state index contributed by atoms with van der Waals surface area (Å²) in [4.78, 5) is 0. The maximum Gasteiger partial charge on any atom is 0.251 e. The second kappa shape index (κ2) is 4.33. The van der Waals surface area contributed by atoms with Gasteiger partial charge in [0.15, 0.2) is 0 Å². The number of methoxy groups -OCH3 is 1. The van der Waals surface area contributed by atoms with Crippen molar-refractivity contribution in [2.24, 2.45) is 7.05 Å². The van der Waals surface area contributed by atoms with E-state index < -0.39 is 0 Å². The number of rotatable bonds is 4. The van der Waals surface area contributed by atoms with Gasteiger partial charge in [0.05, 0.1) is 12.8 Å². The predicted octanol–water partition coefficient (Wildman–Crippen LogP) is 2.37. The molecule has 0 aliphatic carbocycles. The monoisotopic (exact) mass is 212 g/mol. The van der Waals surface area contributed by atoms with Crippen LogP contribution in [-0.4, -0.2) is 16.9 Å². The van der Waals surface area contributed by atoms with Crippen molar-refractivity contribution in [1.29, 1.82) is 0 Å². The summed E-state index contributed by atoms with van der Waals surface area (Å²) in [5, 5.41) is 4.64. The molecule has 0 amide bonds. The van der Waals surface area contributed by atoms with Crippen LogP contribution < -0.4 is 4.74 Å². The lowest BCUT2D eigenvalue weighted by atomic mass is 10.1. The van der Waals surface area contributed by atoms with E-state index in [1.54, 1.807) is 17.9 Å². The molecule has 0 saturated heterocycles. The predicted molar refractivity (Wildman–Crippen MR) is 57.8 cm³/mol. The molecule has 3 nitrogen and oxygen atoms in total. The van der Waals surface area contributed by atoms with Gasteiger partial charge in [-0.2, -0.15) is 0 Å². The van der Waals surface area contributed by atoms with Gasteiger partial charge < -0.3 is 4.74 Å². The van der Waals surface area contributed by atoms with Gasteiger partial charge in [0.25, 0.3) is 5.88 Å². The Morgan fingerprint density at radius 1 is 1.71 bits per heavy atom. The lowest BCUT2D eigenvalue weighted by molar-refractivity contribution is 0.392. The molecule has 76 valence electrons. The molecule has 1 heterocycles. The van der Waals surface area contributed by atoms with E-state index in [4.69, 9.17) is 16.3 Å². The van der Waals surface area contributed by atoms with E-state index in [1.165, 1.54) is 0 Å². The lowest BCUT2D eigenvalue weighted by Gasteiger charge is -2.01. The highest BCUT2D eigenvalue weighted by Crippen LogP contribution is 2.28. The minimum Gasteiger partial charge on any atom is -0.479 e. The van der Waals surface area contributed by atoms with E-state index in [1.807, 2.05) is 7.05 Å². The molecule has 1 aromatic heterocycles. The zero-order chi connectivity index (χ0) is 10.7. The van der Waals surface area contributed by atoms with Crippen LogP contribution in [0.2, 0.25) is 5.02 Å². The van der Waals surface area contributed by atoms with E-state index in [2.05, 4.69) is 18.3 Å². The highest BCUT2D eigenvalue weighted by molar-refractivity contribution is 6.32. The van der Waals surface area contributed by atoms with Crippen molar-refractivity contribution in [2.45, 2.75) is 6.42 Å². The minimum absolute atomic E-state index is 0.445. The van der Waals surface area contributed by atoms with Gasteiger partial charge in [0.2, 0.25) is 0 Å². The molecule has 0 aliphatic rings. The second-order valence-corrected chi connectivity index (χ2v) is 3.31. The molecule has 1 rings (SSSR count). The van der Waals surface area contributed by atoms with Crippen LogP contribution in [0.5, 0.6) is 5.88 Å². The fraction of sp³-hybridized carbons (Fsp3) is 0.300. The van der Waals surface area contributed by atoms with Gasteiger partial charge in [-0.3, -0.25) is 4.68 Å². The van der Waals surface area contributed by atoms with Gasteiger partial charge in [-0.1, -0.05) is 30.8 Å². The van der Waals surface area contributed by atoms with Crippen LogP contribution in [0.4, 0.5) is 0 Å². The first-order valence-corrected chi connectivity index (χ1v) is 4.53. The Labute approximate surface area is 88.6 Å². The van der Waals surface area contributed by atoms with E-state index in [-0.39, 0.29) is 0 Å². The number of halogens is 1. The molecule has 0 fully saturated rings. The number of ether oxygens (including phenoxy) is 1. The fourth-order valence-electron chi connectivity index (χ4n) is 1.12. The number of aromatic nitrogens is 2. The van der Waals surface area contributed by atoms with Gasteiger partial charge in [0, 0.05) is 13.5 Å². The molecule has 0 spiro atoms. The first-order chi connectivity index (χ1) is 6.60.